The summed E-state index contributed by atoms with van der Waals surface area (Å²) in [4.78, 5) is 0. The number of benzene rings is 2. The van der Waals surface area contributed by atoms with Crippen LogP contribution in [0.5, 0.6) is 0 Å². The molecule has 0 amide bonds. The van der Waals surface area contributed by atoms with Gasteiger partial charge in [0.1, 0.15) is 0 Å². The summed E-state index contributed by atoms with van der Waals surface area (Å²) in [5.74, 6) is 0. The molecule has 0 spiro atoms. The highest BCUT2D eigenvalue weighted by atomic mass is 14.6. The molecule has 0 radical (unpaired) electrons. The first kappa shape index (κ1) is 9.78. The minimum Gasteiger partial charge on any atom is -0.398 e. The molecular weight excluding hydrogens is 210 g/mol. The number of nitrogens with two attached hydrogens (primary N) is 1. The average molecular weight is 221 g/mol. The van der Waals surface area contributed by atoms with Crippen molar-refractivity contribution in [2.75, 3.05) is 5.73 Å². The lowest BCUT2D eigenvalue weighted by Crippen LogP contribution is -2.22. The summed E-state index contributed by atoms with van der Waals surface area (Å²) in [5.41, 5.74) is 10.3. The molecule has 17 heavy (non-hydrogen) atoms. The molecule has 1 aliphatic carbocycles. The Kier molecular flexibility index (Phi) is 1.89. The van der Waals surface area contributed by atoms with Gasteiger partial charge in [-0.2, -0.15) is 0 Å². The Morgan fingerprint density at radius 1 is 0.706 bits per heavy atom. The molecule has 0 bridgehead atoms. The Morgan fingerprint density at radius 3 is 2.00 bits per heavy atom. The Hall–Kier alpha value is -2.42. The summed E-state index contributed by atoms with van der Waals surface area (Å²) in [5, 5.41) is 16.4. The summed E-state index contributed by atoms with van der Waals surface area (Å²) in [7, 11) is 0. The number of hydrogen-bond acceptors (Lipinski definition) is 3. The lowest BCUT2D eigenvalue weighted by molar-refractivity contribution is 1.37. The molecule has 0 heterocycles. The molecule has 0 saturated heterocycles. The van der Waals surface area contributed by atoms with Crippen LogP contribution < -0.4 is 5.73 Å². The van der Waals surface area contributed by atoms with Crippen LogP contribution in [0.2, 0.25) is 0 Å². The lowest BCUT2D eigenvalue weighted by atomic mass is 9.82. The normalized spacial score (nSPS) is 13.2. The second-order valence-corrected chi connectivity index (χ2v) is 4.07. The highest BCUT2D eigenvalue weighted by molar-refractivity contribution is 6.31. The molecule has 4 N–H and O–H groups in total. The zero-order valence-electron chi connectivity index (χ0n) is 9.12. The van der Waals surface area contributed by atoms with Crippen LogP contribution in [0.25, 0.3) is 0 Å². The third-order valence-corrected chi connectivity index (χ3v) is 3.08. The molecule has 0 saturated carbocycles. The number of fused-ring (bicyclic) bond motifs is 2. The van der Waals surface area contributed by atoms with E-state index in [1.54, 1.807) is 6.07 Å². The van der Waals surface area contributed by atoms with Gasteiger partial charge in [0.05, 0.1) is 11.4 Å². The smallest absolute Gasteiger partial charge is 0.0718 e. The van der Waals surface area contributed by atoms with Gasteiger partial charge in [0, 0.05) is 27.9 Å². The first-order valence-electron chi connectivity index (χ1n) is 5.36. The lowest BCUT2D eigenvalue weighted by Gasteiger charge is -2.22. The van der Waals surface area contributed by atoms with E-state index < -0.39 is 0 Å². The second kappa shape index (κ2) is 3.28. The van der Waals surface area contributed by atoms with Gasteiger partial charge < -0.3 is 5.73 Å². The van der Waals surface area contributed by atoms with E-state index in [9.17, 15) is 0 Å². The van der Waals surface area contributed by atoms with Gasteiger partial charge in [-0.1, -0.05) is 36.4 Å². The highest BCUT2D eigenvalue weighted by Crippen LogP contribution is 2.30. The highest BCUT2D eigenvalue weighted by Gasteiger charge is 2.25. The van der Waals surface area contributed by atoms with Crippen molar-refractivity contribution in [1.82, 2.24) is 0 Å². The van der Waals surface area contributed by atoms with Gasteiger partial charge in [-0.05, 0) is 6.07 Å². The third kappa shape index (κ3) is 1.22. The Balaban J connectivity index is 2.37. The molecule has 0 atom stereocenters. The van der Waals surface area contributed by atoms with E-state index in [1.807, 2.05) is 36.4 Å². The molecule has 2 aromatic rings. The largest absolute Gasteiger partial charge is 0.398 e. The first-order chi connectivity index (χ1) is 8.20. The van der Waals surface area contributed by atoms with E-state index in [1.165, 1.54) is 0 Å². The van der Waals surface area contributed by atoms with Crippen molar-refractivity contribution in [2.24, 2.45) is 0 Å². The van der Waals surface area contributed by atoms with Crippen LogP contribution in [-0.4, -0.2) is 11.4 Å². The van der Waals surface area contributed by atoms with Crippen LogP contribution in [0.15, 0.2) is 42.5 Å². The molecule has 82 valence electrons. The average Bonchev–Trinajstić information content (AvgIpc) is 2.36. The molecule has 0 unspecified atom stereocenters. The Bertz CT molecular complexity index is 656. The molecule has 0 fully saturated rings. The van der Waals surface area contributed by atoms with Crippen LogP contribution in [0.3, 0.4) is 0 Å². The monoisotopic (exact) mass is 221 g/mol. The van der Waals surface area contributed by atoms with Gasteiger partial charge in [-0.3, -0.25) is 10.8 Å². The summed E-state index contributed by atoms with van der Waals surface area (Å²) in [6.07, 6.45) is 0. The summed E-state index contributed by atoms with van der Waals surface area (Å²) >= 11 is 0. The van der Waals surface area contributed by atoms with Crippen molar-refractivity contribution >= 4 is 17.1 Å². The fourth-order valence-corrected chi connectivity index (χ4v) is 2.26. The molecule has 3 nitrogen and oxygen atoms in total. The van der Waals surface area contributed by atoms with Crippen LogP contribution in [0, 0.1) is 10.8 Å². The quantitative estimate of drug-likeness (QED) is 0.501. The second-order valence-electron chi connectivity index (χ2n) is 4.07. The maximum atomic E-state index is 8.21. The van der Waals surface area contributed by atoms with Gasteiger partial charge in [0.15, 0.2) is 0 Å². The van der Waals surface area contributed by atoms with Crippen molar-refractivity contribution in [3.05, 3.63) is 64.7 Å². The molecule has 1 aliphatic rings. The molecule has 0 aromatic heterocycles. The number of rotatable bonds is 0. The fraction of sp³-hybridized carbons (Fsp3) is 0. The molecular formula is C14H11N3. The van der Waals surface area contributed by atoms with E-state index in [2.05, 4.69) is 0 Å². The van der Waals surface area contributed by atoms with Gasteiger partial charge >= 0.3 is 0 Å². The van der Waals surface area contributed by atoms with Crippen LogP contribution in [0.4, 0.5) is 5.69 Å². The fourth-order valence-electron chi connectivity index (χ4n) is 2.26. The van der Waals surface area contributed by atoms with Gasteiger partial charge in [-0.15, -0.1) is 0 Å². The van der Waals surface area contributed by atoms with Gasteiger partial charge in [0.25, 0.3) is 0 Å². The molecule has 0 aliphatic heterocycles. The summed E-state index contributed by atoms with van der Waals surface area (Å²) in [6, 6.07) is 12.9. The van der Waals surface area contributed by atoms with E-state index in [0.29, 0.717) is 22.7 Å². The molecule has 3 rings (SSSR count). The van der Waals surface area contributed by atoms with Crippen molar-refractivity contribution < 1.29 is 0 Å². The first-order valence-corrected chi connectivity index (χ1v) is 5.36. The van der Waals surface area contributed by atoms with Crippen molar-refractivity contribution in [2.45, 2.75) is 0 Å². The van der Waals surface area contributed by atoms with E-state index in [-0.39, 0.29) is 0 Å². The number of nitrogen functional groups attached to an aromatic ring is 1. The zero-order valence-corrected chi connectivity index (χ0v) is 9.12. The summed E-state index contributed by atoms with van der Waals surface area (Å²) < 4.78 is 0. The number of anilines is 1. The molecule has 2 aromatic carbocycles. The minimum absolute atomic E-state index is 0.407. The zero-order chi connectivity index (χ0) is 12.0. The maximum Gasteiger partial charge on any atom is 0.0718 e. The predicted molar refractivity (Wildman–Crippen MR) is 69.2 cm³/mol. The van der Waals surface area contributed by atoms with Crippen molar-refractivity contribution in [1.29, 1.82) is 10.8 Å². The van der Waals surface area contributed by atoms with Crippen molar-refractivity contribution in [3.63, 3.8) is 0 Å². The van der Waals surface area contributed by atoms with E-state index in [4.69, 9.17) is 16.6 Å². The van der Waals surface area contributed by atoms with E-state index >= 15 is 0 Å². The number of hydrogen-bond donors (Lipinski definition) is 3. The minimum atomic E-state index is 0.407. The van der Waals surface area contributed by atoms with Gasteiger partial charge in [0.2, 0.25) is 0 Å². The SMILES string of the molecule is N=C1c2ccccc2C(=N)c2c(N)cccc21. The van der Waals surface area contributed by atoms with Crippen LogP contribution in [-0.2, 0) is 0 Å². The van der Waals surface area contributed by atoms with Crippen LogP contribution in [0.1, 0.15) is 22.3 Å². The Morgan fingerprint density at radius 2 is 1.29 bits per heavy atom. The third-order valence-electron chi connectivity index (χ3n) is 3.08. The maximum absolute atomic E-state index is 8.21. The van der Waals surface area contributed by atoms with Crippen molar-refractivity contribution in [3.8, 4) is 0 Å². The predicted octanol–water partition coefficient (Wildman–Crippen LogP) is 2.41. The van der Waals surface area contributed by atoms with Gasteiger partial charge in [-0.25, -0.2) is 0 Å². The van der Waals surface area contributed by atoms with Crippen LogP contribution >= 0.6 is 0 Å². The number of nitrogens with one attached hydrogen (secondary N) is 2. The molecule has 3 heteroatoms. The van der Waals surface area contributed by atoms with E-state index in [0.717, 1.165) is 16.7 Å². The standard InChI is InChI=1S/C14H11N3/c15-11-7-3-6-10-12(11)14(17)9-5-2-1-4-8(9)13(10)16/h1-7,16-17H,15H2. The Labute approximate surface area is 98.9 Å². The topological polar surface area (TPSA) is 73.7 Å². The summed E-state index contributed by atoms with van der Waals surface area (Å²) in [6.45, 7) is 0.